The molecule has 0 aliphatic carbocycles. The molecule has 0 aromatic rings. The van der Waals surface area contributed by atoms with Crippen molar-refractivity contribution in [2.75, 3.05) is 26.2 Å². The summed E-state index contributed by atoms with van der Waals surface area (Å²) in [4.78, 5) is 24.8. The average molecular weight is 268 g/mol. The Balaban J connectivity index is 1.96. The van der Waals surface area contributed by atoms with E-state index in [0.29, 0.717) is 5.41 Å². The molecule has 6 heteroatoms. The summed E-state index contributed by atoms with van der Waals surface area (Å²) in [5.41, 5.74) is 5.30. The van der Waals surface area contributed by atoms with E-state index in [1.54, 1.807) is 0 Å². The highest BCUT2D eigenvalue weighted by Crippen LogP contribution is 2.36. The summed E-state index contributed by atoms with van der Waals surface area (Å²) in [6.45, 7) is 5.81. The lowest BCUT2D eigenvalue weighted by atomic mass is 9.74. The van der Waals surface area contributed by atoms with Crippen LogP contribution in [0.1, 0.15) is 32.6 Å². The molecule has 2 unspecified atom stereocenters. The molecule has 108 valence electrons. The Morgan fingerprint density at radius 1 is 1.37 bits per heavy atom. The Labute approximate surface area is 114 Å². The third-order valence-electron chi connectivity index (χ3n) is 4.43. The molecule has 2 heterocycles. The van der Waals surface area contributed by atoms with Crippen LogP contribution in [-0.2, 0) is 4.79 Å². The number of urea groups is 1. The van der Waals surface area contributed by atoms with Crippen LogP contribution < -0.4 is 16.4 Å². The van der Waals surface area contributed by atoms with E-state index in [1.807, 2.05) is 6.92 Å². The van der Waals surface area contributed by atoms with Crippen molar-refractivity contribution in [2.24, 2.45) is 11.1 Å². The maximum Gasteiger partial charge on any atom is 0.318 e. The van der Waals surface area contributed by atoms with Crippen LogP contribution in [0.25, 0.3) is 0 Å². The van der Waals surface area contributed by atoms with Crippen molar-refractivity contribution >= 4 is 11.9 Å². The number of nitrogens with zero attached hydrogens (tertiary/aromatic N) is 1. The molecule has 0 bridgehead atoms. The molecule has 2 aliphatic rings. The first-order valence-electron chi connectivity index (χ1n) is 7.07. The van der Waals surface area contributed by atoms with E-state index >= 15 is 0 Å². The number of piperidine rings is 2. The van der Waals surface area contributed by atoms with Crippen LogP contribution in [0.2, 0.25) is 0 Å². The predicted octanol–water partition coefficient (Wildman–Crippen LogP) is 0.0354. The van der Waals surface area contributed by atoms with Crippen LogP contribution in [0.3, 0.4) is 0 Å². The lowest BCUT2D eigenvalue weighted by molar-refractivity contribution is -0.126. The van der Waals surface area contributed by atoms with Crippen molar-refractivity contribution in [3.05, 3.63) is 0 Å². The maximum absolute atomic E-state index is 11.9. The van der Waals surface area contributed by atoms with Gasteiger partial charge in [-0.05, 0) is 51.1 Å². The van der Waals surface area contributed by atoms with Gasteiger partial charge in [0.15, 0.2) is 0 Å². The fourth-order valence-electron chi connectivity index (χ4n) is 3.35. The normalized spacial score (nSPS) is 29.9. The number of nitrogens with two attached hydrogens (primary N) is 1. The zero-order valence-corrected chi connectivity index (χ0v) is 11.6. The second-order valence-corrected chi connectivity index (χ2v) is 5.88. The Bertz CT molecular complexity index is 347. The highest BCUT2D eigenvalue weighted by molar-refractivity contribution is 5.96. The number of amides is 3. The van der Waals surface area contributed by atoms with Gasteiger partial charge in [-0.3, -0.25) is 15.0 Å². The minimum atomic E-state index is -0.775. The largest absolute Gasteiger partial charge is 0.351 e. The molecule has 0 aromatic carbocycles. The molecule has 0 radical (unpaired) electrons. The molecular formula is C13H24N4O2. The number of carbonyl (C=O) groups is 2. The summed E-state index contributed by atoms with van der Waals surface area (Å²) in [6.07, 6.45) is 4.76. The van der Waals surface area contributed by atoms with Gasteiger partial charge in [-0.1, -0.05) is 0 Å². The number of likely N-dealkylation sites (tertiary alicyclic amines) is 1. The molecule has 3 amide bonds. The van der Waals surface area contributed by atoms with Gasteiger partial charge in [0.1, 0.15) is 0 Å². The summed E-state index contributed by atoms with van der Waals surface area (Å²) >= 11 is 0. The molecule has 19 heavy (non-hydrogen) atoms. The summed E-state index contributed by atoms with van der Waals surface area (Å²) in [6, 6.07) is -1.07. The van der Waals surface area contributed by atoms with Crippen molar-refractivity contribution < 1.29 is 9.59 Å². The number of hydrogen-bond donors (Lipinski definition) is 3. The van der Waals surface area contributed by atoms with Gasteiger partial charge in [0.2, 0.25) is 5.91 Å². The Kier molecular flexibility index (Phi) is 4.42. The number of rotatable bonds is 2. The number of nitrogens with one attached hydrogen (secondary N) is 2. The molecule has 0 saturated carbocycles. The van der Waals surface area contributed by atoms with Crippen LogP contribution in [0.5, 0.6) is 0 Å². The smallest absolute Gasteiger partial charge is 0.318 e. The van der Waals surface area contributed by atoms with Crippen LogP contribution >= 0.6 is 0 Å². The second kappa shape index (κ2) is 5.88. The Morgan fingerprint density at radius 3 is 2.74 bits per heavy atom. The molecular weight excluding hydrogens is 244 g/mol. The lowest BCUT2D eigenvalue weighted by Crippen LogP contribution is -2.56. The predicted molar refractivity (Wildman–Crippen MR) is 72.5 cm³/mol. The minimum absolute atomic E-state index is 0.298. The van der Waals surface area contributed by atoms with E-state index in [1.165, 1.54) is 19.3 Å². The zero-order chi connectivity index (χ0) is 13.9. The Hall–Kier alpha value is -1.14. The van der Waals surface area contributed by atoms with Gasteiger partial charge >= 0.3 is 6.03 Å². The first-order valence-corrected chi connectivity index (χ1v) is 7.07. The third-order valence-corrected chi connectivity index (χ3v) is 4.43. The van der Waals surface area contributed by atoms with Crippen molar-refractivity contribution in [2.45, 2.75) is 38.6 Å². The van der Waals surface area contributed by atoms with E-state index in [4.69, 9.17) is 5.73 Å². The van der Waals surface area contributed by atoms with Crippen LogP contribution in [0, 0.1) is 5.41 Å². The lowest BCUT2D eigenvalue weighted by Gasteiger charge is -2.46. The third kappa shape index (κ3) is 3.45. The highest BCUT2D eigenvalue weighted by Gasteiger charge is 2.38. The van der Waals surface area contributed by atoms with Crippen molar-refractivity contribution in [1.82, 2.24) is 15.5 Å². The summed E-state index contributed by atoms with van der Waals surface area (Å²) in [5.74, 6) is -0.298. The maximum atomic E-state index is 11.9. The molecule has 2 rings (SSSR count). The quantitative estimate of drug-likeness (QED) is 0.659. The SMILES string of the molecule is CC(C(=O)NC(N)=O)N1CCCC2(CCCNC2)C1. The topological polar surface area (TPSA) is 87.5 Å². The number of primary amides is 1. The van der Waals surface area contributed by atoms with Crippen LogP contribution in [0.4, 0.5) is 4.79 Å². The second-order valence-electron chi connectivity index (χ2n) is 5.88. The summed E-state index contributed by atoms with van der Waals surface area (Å²) in [7, 11) is 0. The highest BCUT2D eigenvalue weighted by atomic mass is 16.2. The minimum Gasteiger partial charge on any atom is -0.351 e. The van der Waals surface area contributed by atoms with E-state index in [9.17, 15) is 9.59 Å². The van der Waals surface area contributed by atoms with Gasteiger partial charge in [-0.15, -0.1) is 0 Å². The van der Waals surface area contributed by atoms with Gasteiger partial charge in [-0.2, -0.15) is 0 Å². The summed E-state index contributed by atoms with van der Waals surface area (Å²) < 4.78 is 0. The van der Waals surface area contributed by atoms with E-state index in [2.05, 4.69) is 15.5 Å². The zero-order valence-electron chi connectivity index (χ0n) is 11.6. The number of hydrogen-bond acceptors (Lipinski definition) is 4. The molecule has 2 aliphatic heterocycles. The van der Waals surface area contributed by atoms with Gasteiger partial charge < -0.3 is 11.1 Å². The number of imide groups is 1. The molecule has 6 nitrogen and oxygen atoms in total. The van der Waals surface area contributed by atoms with Gasteiger partial charge in [-0.25, -0.2) is 4.79 Å². The van der Waals surface area contributed by atoms with Crippen molar-refractivity contribution in [3.63, 3.8) is 0 Å². The molecule has 4 N–H and O–H groups in total. The fourth-order valence-corrected chi connectivity index (χ4v) is 3.35. The van der Waals surface area contributed by atoms with E-state index in [0.717, 1.165) is 32.6 Å². The Morgan fingerprint density at radius 2 is 2.11 bits per heavy atom. The van der Waals surface area contributed by atoms with Crippen LogP contribution in [-0.4, -0.2) is 49.1 Å². The standard InChI is InChI=1S/C13H24N4O2/c1-10(11(18)16-12(14)19)17-7-3-5-13(9-17)4-2-6-15-8-13/h10,15H,2-9H2,1H3,(H3,14,16,18,19). The molecule has 2 saturated heterocycles. The van der Waals surface area contributed by atoms with Crippen molar-refractivity contribution in [1.29, 1.82) is 0 Å². The molecule has 2 atom stereocenters. The van der Waals surface area contributed by atoms with E-state index < -0.39 is 6.03 Å². The first-order chi connectivity index (χ1) is 9.02. The monoisotopic (exact) mass is 268 g/mol. The van der Waals surface area contributed by atoms with Gasteiger partial charge in [0.05, 0.1) is 6.04 Å². The summed E-state index contributed by atoms with van der Waals surface area (Å²) in [5, 5.41) is 5.64. The first kappa shape index (κ1) is 14.3. The average Bonchev–Trinajstić information content (AvgIpc) is 2.38. The van der Waals surface area contributed by atoms with E-state index in [-0.39, 0.29) is 11.9 Å². The number of carbonyl (C=O) groups excluding carboxylic acids is 2. The van der Waals surface area contributed by atoms with Crippen LogP contribution in [0.15, 0.2) is 0 Å². The van der Waals surface area contributed by atoms with Gasteiger partial charge in [0.25, 0.3) is 0 Å². The fraction of sp³-hybridized carbons (Fsp3) is 0.846. The molecule has 1 spiro atoms. The molecule has 2 fully saturated rings. The van der Waals surface area contributed by atoms with Crippen molar-refractivity contribution in [3.8, 4) is 0 Å². The van der Waals surface area contributed by atoms with Gasteiger partial charge in [0, 0.05) is 13.1 Å². The molecule has 0 aromatic heterocycles.